The van der Waals surface area contributed by atoms with Crippen LogP contribution in [0.25, 0.3) is 22.2 Å². The molecule has 5 rings (SSSR count). The Balaban J connectivity index is 1.41. The second kappa shape index (κ2) is 8.00. The van der Waals surface area contributed by atoms with Gasteiger partial charge in [-0.25, -0.2) is 9.97 Å². The van der Waals surface area contributed by atoms with Gasteiger partial charge in [0.05, 0.1) is 29.5 Å². The molecular formula is C22H27N9O2. The molecule has 1 aliphatic heterocycles. The van der Waals surface area contributed by atoms with Gasteiger partial charge in [-0.1, -0.05) is 26.0 Å². The van der Waals surface area contributed by atoms with Crippen molar-refractivity contribution in [1.82, 2.24) is 34.0 Å². The number of aliphatic hydroxyl groups excluding tert-OH is 1. The second-order valence-corrected chi connectivity index (χ2v) is 8.93. The van der Waals surface area contributed by atoms with E-state index >= 15 is 0 Å². The van der Waals surface area contributed by atoms with Gasteiger partial charge in [-0.15, -0.1) is 0 Å². The maximum absolute atomic E-state index is 13.3. The number of para-hydroxylation sites is 2. The first kappa shape index (κ1) is 21.1. The SMILES string of the molecule is CC(C)Cc1nc2ccccc2n1CC(=O)N1C[C@H](O)[C@@H](n2cnc3c(N)nc(N)nc32)C1. The highest BCUT2D eigenvalue weighted by Crippen LogP contribution is 2.28. The molecule has 11 nitrogen and oxygen atoms in total. The minimum absolute atomic E-state index is 0.0341. The first-order chi connectivity index (χ1) is 15.8. The van der Waals surface area contributed by atoms with Gasteiger partial charge in [-0.3, -0.25) is 4.79 Å². The van der Waals surface area contributed by atoms with E-state index in [9.17, 15) is 9.90 Å². The summed E-state index contributed by atoms with van der Waals surface area (Å²) in [6.07, 6.45) is 1.55. The lowest BCUT2D eigenvalue weighted by molar-refractivity contribution is -0.131. The molecule has 11 heteroatoms. The Kier molecular flexibility index (Phi) is 5.12. The van der Waals surface area contributed by atoms with E-state index in [0.717, 1.165) is 23.3 Å². The Morgan fingerprint density at radius 3 is 2.76 bits per heavy atom. The molecule has 2 atom stereocenters. The number of carbonyl (C=O) groups excluding carboxylic acids is 1. The minimum atomic E-state index is -0.779. The largest absolute Gasteiger partial charge is 0.389 e. The maximum atomic E-state index is 13.3. The summed E-state index contributed by atoms with van der Waals surface area (Å²) in [7, 11) is 0. The molecule has 0 radical (unpaired) electrons. The number of nitrogens with two attached hydrogens (primary N) is 2. The number of carbonyl (C=O) groups is 1. The predicted octanol–water partition coefficient (Wildman–Crippen LogP) is 0.983. The predicted molar refractivity (Wildman–Crippen MR) is 124 cm³/mol. The zero-order chi connectivity index (χ0) is 23.3. The Hall–Kier alpha value is -3.73. The average Bonchev–Trinajstić information content (AvgIpc) is 3.43. The molecule has 0 spiro atoms. The van der Waals surface area contributed by atoms with E-state index in [0.29, 0.717) is 23.6 Å². The van der Waals surface area contributed by atoms with Crippen molar-refractivity contribution in [1.29, 1.82) is 0 Å². The fourth-order valence-electron chi connectivity index (χ4n) is 4.50. The summed E-state index contributed by atoms with van der Waals surface area (Å²) in [4.78, 5) is 32.2. The van der Waals surface area contributed by atoms with Crippen LogP contribution in [0, 0.1) is 5.92 Å². The van der Waals surface area contributed by atoms with E-state index in [1.807, 2.05) is 28.8 Å². The van der Waals surface area contributed by atoms with E-state index in [1.54, 1.807) is 15.8 Å². The molecule has 4 heterocycles. The number of imidazole rings is 2. The van der Waals surface area contributed by atoms with Gasteiger partial charge in [0.1, 0.15) is 17.9 Å². The highest BCUT2D eigenvalue weighted by Gasteiger charge is 2.36. The average molecular weight is 450 g/mol. The number of hydrogen-bond donors (Lipinski definition) is 3. The molecule has 1 fully saturated rings. The third kappa shape index (κ3) is 3.74. The number of hydrogen-bond acceptors (Lipinski definition) is 8. The first-order valence-electron chi connectivity index (χ1n) is 11.0. The van der Waals surface area contributed by atoms with Crippen LogP contribution in [0.3, 0.4) is 0 Å². The van der Waals surface area contributed by atoms with Crippen molar-refractivity contribution in [2.24, 2.45) is 5.92 Å². The van der Waals surface area contributed by atoms with Gasteiger partial charge < -0.3 is 30.6 Å². The fourth-order valence-corrected chi connectivity index (χ4v) is 4.50. The molecule has 1 saturated heterocycles. The normalized spacial score (nSPS) is 18.7. The number of nitrogen functional groups attached to an aromatic ring is 2. The summed E-state index contributed by atoms with van der Waals surface area (Å²) >= 11 is 0. The third-order valence-corrected chi connectivity index (χ3v) is 6.05. The molecule has 1 amide bonds. The molecule has 4 aromatic rings. The van der Waals surface area contributed by atoms with Gasteiger partial charge in [0.25, 0.3) is 0 Å². The van der Waals surface area contributed by atoms with Crippen molar-refractivity contribution >= 4 is 39.9 Å². The zero-order valence-corrected chi connectivity index (χ0v) is 18.6. The summed E-state index contributed by atoms with van der Waals surface area (Å²) in [6.45, 7) is 4.96. The van der Waals surface area contributed by atoms with Crippen LogP contribution in [-0.4, -0.2) is 64.2 Å². The molecule has 1 aromatic carbocycles. The van der Waals surface area contributed by atoms with Crippen molar-refractivity contribution in [3.05, 3.63) is 36.4 Å². The second-order valence-electron chi connectivity index (χ2n) is 8.93. The molecule has 33 heavy (non-hydrogen) atoms. The summed E-state index contributed by atoms with van der Waals surface area (Å²) in [5, 5.41) is 10.8. The number of likely N-dealkylation sites (tertiary alicyclic amines) is 1. The van der Waals surface area contributed by atoms with Crippen molar-refractivity contribution < 1.29 is 9.90 Å². The minimum Gasteiger partial charge on any atom is -0.389 e. The smallest absolute Gasteiger partial charge is 0.242 e. The third-order valence-electron chi connectivity index (χ3n) is 6.05. The monoisotopic (exact) mass is 449 g/mol. The molecule has 5 N–H and O–H groups in total. The maximum Gasteiger partial charge on any atom is 0.242 e. The highest BCUT2D eigenvalue weighted by atomic mass is 16.3. The van der Waals surface area contributed by atoms with E-state index in [-0.39, 0.29) is 30.8 Å². The number of rotatable bonds is 5. The van der Waals surface area contributed by atoms with E-state index in [2.05, 4.69) is 28.8 Å². The highest BCUT2D eigenvalue weighted by molar-refractivity contribution is 5.83. The Bertz CT molecular complexity index is 1340. The number of amides is 1. The Morgan fingerprint density at radius 2 is 1.97 bits per heavy atom. The van der Waals surface area contributed by atoms with Crippen molar-refractivity contribution in [2.75, 3.05) is 24.6 Å². The number of β-amino-alcohol motifs (C(OH)–C–C–N with tert-alkyl or cyclic N) is 1. The van der Waals surface area contributed by atoms with E-state index in [4.69, 9.17) is 16.5 Å². The van der Waals surface area contributed by atoms with Crippen LogP contribution < -0.4 is 11.5 Å². The molecule has 0 aliphatic carbocycles. The lowest BCUT2D eigenvalue weighted by Crippen LogP contribution is -2.33. The number of benzene rings is 1. The summed E-state index contributed by atoms with van der Waals surface area (Å²) in [5.41, 5.74) is 14.3. The topological polar surface area (TPSA) is 154 Å². The lowest BCUT2D eigenvalue weighted by atomic mass is 10.1. The number of aliphatic hydroxyl groups is 1. The molecule has 172 valence electrons. The van der Waals surface area contributed by atoms with Crippen molar-refractivity contribution in [2.45, 2.75) is 39.0 Å². The Morgan fingerprint density at radius 1 is 1.18 bits per heavy atom. The molecule has 1 aliphatic rings. The molecule has 0 bridgehead atoms. The van der Waals surface area contributed by atoms with Gasteiger partial charge in [0.15, 0.2) is 11.5 Å². The summed E-state index contributed by atoms with van der Waals surface area (Å²) in [6, 6.07) is 7.42. The van der Waals surface area contributed by atoms with Crippen LogP contribution in [-0.2, 0) is 17.8 Å². The molecular weight excluding hydrogens is 422 g/mol. The first-order valence-corrected chi connectivity index (χ1v) is 11.0. The van der Waals surface area contributed by atoms with Crippen LogP contribution in [0.4, 0.5) is 11.8 Å². The number of fused-ring (bicyclic) bond motifs is 2. The number of nitrogens with zero attached hydrogens (tertiary/aromatic N) is 7. The van der Waals surface area contributed by atoms with E-state index in [1.165, 1.54) is 0 Å². The number of anilines is 2. The van der Waals surface area contributed by atoms with Gasteiger partial charge in [-0.2, -0.15) is 9.97 Å². The molecule has 3 aromatic heterocycles. The van der Waals surface area contributed by atoms with Gasteiger partial charge in [-0.05, 0) is 18.1 Å². The summed E-state index contributed by atoms with van der Waals surface area (Å²) < 4.78 is 3.71. The van der Waals surface area contributed by atoms with Crippen molar-refractivity contribution in [3.63, 3.8) is 0 Å². The zero-order valence-electron chi connectivity index (χ0n) is 18.6. The van der Waals surface area contributed by atoms with Crippen LogP contribution >= 0.6 is 0 Å². The Labute approximate surface area is 190 Å². The van der Waals surface area contributed by atoms with Gasteiger partial charge in [0, 0.05) is 19.5 Å². The van der Waals surface area contributed by atoms with E-state index < -0.39 is 12.1 Å². The van der Waals surface area contributed by atoms with Crippen molar-refractivity contribution in [3.8, 4) is 0 Å². The quantitative estimate of drug-likeness (QED) is 0.407. The van der Waals surface area contributed by atoms with Crippen LogP contribution in [0.1, 0.15) is 25.7 Å². The van der Waals surface area contributed by atoms with Crippen LogP contribution in [0.5, 0.6) is 0 Å². The summed E-state index contributed by atoms with van der Waals surface area (Å²) in [5.74, 6) is 1.43. The van der Waals surface area contributed by atoms with Crippen LogP contribution in [0.15, 0.2) is 30.6 Å². The molecule has 0 saturated carbocycles. The van der Waals surface area contributed by atoms with Gasteiger partial charge >= 0.3 is 0 Å². The number of aromatic nitrogens is 6. The standard InChI is InChI=1S/C22H27N9O2/c1-12(2)7-17-26-13-5-3-4-6-14(13)30(17)10-18(33)29-8-15(16(32)9-29)31-11-25-19-20(23)27-22(24)28-21(19)31/h3-6,11-12,15-16,32H,7-10H2,1-2H3,(H4,23,24,27,28)/t15-,16-/m0/s1. The lowest BCUT2D eigenvalue weighted by Gasteiger charge is -2.18. The molecule has 0 unspecified atom stereocenters. The fraction of sp³-hybridized carbons (Fsp3) is 0.409. The van der Waals surface area contributed by atoms with Crippen LogP contribution in [0.2, 0.25) is 0 Å². The van der Waals surface area contributed by atoms with Gasteiger partial charge in [0.2, 0.25) is 11.9 Å².